The zero-order valence-corrected chi connectivity index (χ0v) is 15.9. The largest absolute Gasteiger partial charge is 0.497 e. The van der Waals surface area contributed by atoms with E-state index in [1.165, 1.54) is 0 Å². The summed E-state index contributed by atoms with van der Waals surface area (Å²) in [6, 6.07) is 7.44. The molecule has 3 aromatic heterocycles. The number of ether oxygens (including phenoxy) is 1. The molecule has 1 aromatic carbocycles. The topological polar surface area (TPSA) is 103 Å². The van der Waals surface area contributed by atoms with Gasteiger partial charge in [0.2, 0.25) is 5.95 Å². The molecule has 0 aliphatic carbocycles. The highest BCUT2D eigenvalue weighted by atomic mass is 16.5. The average molecular weight is 379 g/mol. The van der Waals surface area contributed by atoms with Gasteiger partial charge in [0.25, 0.3) is 5.56 Å². The lowest BCUT2D eigenvalue weighted by atomic mass is 10.3. The number of aromatic nitrogens is 6. The minimum atomic E-state index is -0.162. The molecule has 0 unspecified atom stereocenters. The standard InChI is InChI=1S/C19H21N7O2/c1-4-9-26-18(27)15-17(23-16(22-15)12-10-20-25(2)11-12)24-19(26)21-13-5-7-14(28-3)8-6-13/h5-8,10-11H,4,9H2,1-3H3,(H,21,24)(H,22,23). The first-order valence-corrected chi connectivity index (χ1v) is 8.99. The third-order valence-corrected chi connectivity index (χ3v) is 4.38. The maximum Gasteiger partial charge on any atom is 0.281 e. The zero-order chi connectivity index (χ0) is 19.7. The summed E-state index contributed by atoms with van der Waals surface area (Å²) in [6.45, 7) is 2.56. The number of aromatic amines is 1. The molecule has 0 bridgehead atoms. The molecule has 0 saturated heterocycles. The Morgan fingerprint density at radius 1 is 1.21 bits per heavy atom. The minimum absolute atomic E-state index is 0.162. The Hall–Kier alpha value is -3.62. The first kappa shape index (κ1) is 17.8. The van der Waals surface area contributed by atoms with Gasteiger partial charge in [0.1, 0.15) is 11.6 Å². The van der Waals surface area contributed by atoms with Crippen LogP contribution in [0.15, 0.2) is 41.5 Å². The van der Waals surface area contributed by atoms with E-state index >= 15 is 0 Å². The van der Waals surface area contributed by atoms with Crippen LogP contribution in [0.1, 0.15) is 13.3 Å². The van der Waals surface area contributed by atoms with Crippen LogP contribution in [-0.4, -0.2) is 36.4 Å². The van der Waals surface area contributed by atoms with Crippen molar-refractivity contribution in [2.75, 3.05) is 12.4 Å². The first-order valence-electron chi connectivity index (χ1n) is 8.99. The molecular formula is C19H21N7O2. The number of anilines is 2. The van der Waals surface area contributed by atoms with Crippen LogP contribution in [0.3, 0.4) is 0 Å². The van der Waals surface area contributed by atoms with Gasteiger partial charge < -0.3 is 15.0 Å². The molecule has 3 heterocycles. The summed E-state index contributed by atoms with van der Waals surface area (Å²) in [5, 5.41) is 7.37. The molecule has 0 aliphatic heterocycles. The van der Waals surface area contributed by atoms with Gasteiger partial charge in [-0.15, -0.1) is 0 Å². The minimum Gasteiger partial charge on any atom is -0.497 e. The highest BCUT2D eigenvalue weighted by molar-refractivity contribution is 5.76. The summed E-state index contributed by atoms with van der Waals surface area (Å²) in [6.07, 6.45) is 4.32. The van der Waals surface area contributed by atoms with E-state index in [0.717, 1.165) is 23.4 Å². The second kappa shape index (κ2) is 7.18. The van der Waals surface area contributed by atoms with E-state index in [0.29, 0.717) is 29.5 Å². The van der Waals surface area contributed by atoms with Crippen molar-refractivity contribution in [3.05, 3.63) is 47.0 Å². The van der Waals surface area contributed by atoms with Gasteiger partial charge in [-0.2, -0.15) is 10.1 Å². The monoisotopic (exact) mass is 379 g/mol. The fraction of sp³-hybridized carbons (Fsp3) is 0.263. The number of imidazole rings is 1. The fourth-order valence-electron chi connectivity index (χ4n) is 3.00. The van der Waals surface area contributed by atoms with Crippen molar-refractivity contribution in [2.45, 2.75) is 19.9 Å². The number of hydrogen-bond donors (Lipinski definition) is 2. The smallest absolute Gasteiger partial charge is 0.281 e. The van der Waals surface area contributed by atoms with Crippen molar-refractivity contribution in [2.24, 2.45) is 7.05 Å². The van der Waals surface area contributed by atoms with Crippen LogP contribution in [0.2, 0.25) is 0 Å². The number of fused-ring (bicyclic) bond motifs is 1. The maximum absolute atomic E-state index is 13.1. The summed E-state index contributed by atoms with van der Waals surface area (Å²) < 4.78 is 8.49. The van der Waals surface area contributed by atoms with Crippen molar-refractivity contribution < 1.29 is 4.74 Å². The number of benzene rings is 1. The number of methoxy groups -OCH3 is 1. The molecule has 0 spiro atoms. The molecule has 9 nitrogen and oxygen atoms in total. The second-order valence-corrected chi connectivity index (χ2v) is 6.43. The van der Waals surface area contributed by atoms with E-state index in [4.69, 9.17) is 4.74 Å². The molecule has 4 aromatic rings. The highest BCUT2D eigenvalue weighted by Gasteiger charge is 2.16. The summed E-state index contributed by atoms with van der Waals surface area (Å²) in [4.78, 5) is 25.2. The van der Waals surface area contributed by atoms with Crippen LogP contribution in [0.4, 0.5) is 11.6 Å². The number of rotatable bonds is 6. The van der Waals surface area contributed by atoms with Crippen LogP contribution in [0, 0.1) is 0 Å². The lowest BCUT2D eigenvalue weighted by molar-refractivity contribution is 0.415. The van der Waals surface area contributed by atoms with Crippen LogP contribution >= 0.6 is 0 Å². The Morgan fingerprint density at radius 2 is 2.00 bits per heavy atom. The molecule has 0 amide bonds. The normalized spacial score (nSPS) is 11.1. The SMILES string of the molecule is CCCn1c(Nc2ccc(OC)cc2)nc2nc(-c3cnn(C)c3)[nH]c2c1=O. The number of nitrogens with zero attached hydrogens (tertiary/aromatic N) is 5. The predicted octanol–water partition coefficient (Wildman–Crippen LogP) is 2.68. The van der Waals surface area contributed by atoms with Crippen LogP contribution < -0.4 is 15.6 Å². The van der Waals surface area contributed by atoms with Gasteiger partial charge in [-0.25, -0.2) is 4.98 Å². The van der Waals surface area contributed by atoms with E-state index in [9.17, 15) is 4.79 Å². The van der Waals surface area contributed by atoms with Gasteiger partial charge in [-0.3, -0.25) is 14.0 Å². The van der Waals surface area contributed by atoms with E-state index in [-0.39, 0.29) is 5.56 Å². The Labute approximate surface area is 161 Å². The van der Waals surface area contributed by atoms with Gasteiger partial charge in [0.05, 0.1) is 18.9 Å². The van der Waals surface area contributed by atoms with Gasteiger partial charge in [0, 0.05) is 25.5 Å². The van der Waals surface area contributed by atoms with Crippen molar-refractivity contribution >= 4 is 22.8 Å². The van der Waals surface area contributed by atoms with Gasteiger partial charge in [0.15, 0.2) is 11.2 Å². The molecule has 144 valence electrons. The number of aryl methyl sites for hydroxylation is 1. The lowest BCUT2D eigenvalue weighted by Crippen LogP contribution is -2.24. The molecule has 9 heteroatoms. The Balaban J connectivity index is 1.79. The highest BCUT2D eigenvalue weighted by Crippen LogP contribution is 2.21. The molecule has 2 N–H and O–H groups in total. The Morgan fingerprint density at radius 3 is 2.64 bits per heavy atom. The van der Waals surface area contributed by atoms with Crippen molar-refractivity contribution in [3.8, 4) is 17.1 Å². The molecule has 0 fully saturated rings. The molecule has 0 atom stereocenters. The van der Waals surface area contributed by atoms with Crippen molar-refractivity contribution in [1.29, 1.82) is 0 Å². The summed E-state index contributed by atoms with van der Waals surface area (Å²) in [5.74, 6) is 1.78. The van der Waals surface area contributed by atoms with E-state index in [1.807, 2.05) is 44.4 Å². The Bertz CT molecular complexity index is 1170. The first-order chi connectivity index (χ1) is 13.6. The second-order valence-electron chi connectivity index (χ2n) is 6.43. The fourth-order valence-corrected chi connectivity index (χ4v) is 3.00. The van der Waals surface area contributed by atoms with Crippen molar-refractivity contribution in [3.63, 3.8) is 0 Å². The van der Waals surface area contributed by atoms with Crippen LogP contribution in [0.25, 0.3) is 22.6 Å². The quantitative estimate of drug-likeness (QED) is 0.534. The lowest BCUT2D eigenvalue weighted by Gasteiger charge is -2.13. The zero-order valence-electron chi connectivity index (χ0n) is 15.9. The van der Waals surface area contributed by atoms with E-state index in [1.54, 1.807) is 22.6 Å². The number of H-pyrrole nitrogens is 1. The number of nitrogens with one attached hydrogen (secondary N) is 2. The van der Waals surface area contributed by atoms with Crippen LogP contribution in [0.5, 0.6) is 5.75 Å². The maximum atomic E-state index is 13.1. The molecule has 0 radical (unpaired) electrons. The average Bonchev–Trinajstić information content (AvgIpc) is 3.32. The Kier molecular flexibility index (Phi) is 4.56. The summed E-state index contributed by atoms with van der Waals surface area (Å²) in [5.41, 5.74) is 2.19. The van der Waals surface area contributed by atoms with Crippen molar-refractivity contribution in [1.82, 2.24) is 29.3 Å². The molecular weight excluding hydrogens is 358 g/mol. The number of hydrogen-bond acceptors (Lipinski definition) is 6. The van der Waals surface area contributed by atoms with Gasteiger partial charge >= 0.3 is 0 Å². The summed E-state index contributed by atoms with van der Waals surface area (Å²) >= 11 is 0. The van der Waals surface area contributed by atoms with E-state index < -0.39 is 0 Å². The van der Waals surface area contributed by atoms with Gasteiger partial charge in [-0.1, -0.05) is 6.92 Å². The third kappa shape index (κ3) is 3.22. The van der Waals surface area contributed by atoms with Crippen LogP contribution in [-0.2, 0) is 13.6 Å². The third-order valence-electron chi connectivity index (χ3n) is 4.38. The molecule has 28 heavy (non-hydrogen) atoms. The molecule has 0 aliphatic rings. The molecule has 4 rings (SSSR count). The summed E-state index contributed by atoms with van der Waals surface area (Å²) in [7, 11) is 3.45. The molecule has 0 saturated carbocycles. The van der Waals surface area contributed by atoms with E-state index in [2.05, 4.69) is 25.4 Å². The van der Waals surface area contributed by atoms with Gasteiger partial charge in [-0.05, 0) is 30.7 Å². The predicted molar refractivity (Wildman–Crippen MR) is 107 cm³/mol.